The number of alkyl halides is 2. The van der Waals surface area contributed by atoms with E-state index in [-0.39, 0.29) is 24.7 Å². The number of hydrogen-bond donors (Lipinski definition) is 0. The maximum absolute atomic E-state index is 13.3. The van der Waals surface area contributed by atoms with E-state index < -0.39 is 11.5 Å². The molecule has 0 unspecified atom stereocenters. The van der Waals surface area contributed by atoms with Crippen molar-refractivity contribution in [1.29, 1.82) is 0 Å². The molecule has 1 heterocycles. The lowest BCUT2D eigenvalue weighted by Crippen LogP contribution is -2.32. The normalized spacial score (nSPS) is 29.3. The first-order valence-corrected chi connectivity index (χ1v) is 7.64. The summed E-state index contributed by atoms with van der Waals surface area (Å²) in [5.41, 5.74) is 0.392. The second-order valence-corrected chi connectivity index (χ2v) is 6.34. The van der Waals surface area contributed by atoms with Gasteiger partial charge in [-0.05, 0) is 30.7 Å². The third-order valence-electron chi connectivity index (χ3n) is 4.80. The summed E-state index contributed by atoms with van der Waals surface area (Å²) in [7, 11) is 0. The highest BCUT2D eigenvalue weighted by atomic mass is 19.3. The number of ether oxygens (including phenoxy) is 1. The first-order valence-electron chi connectivity index (χ1n) is 7.64. The second-order valence-electron chi connectivity index (χ2n) is 6.34. The number of carbonyl (C=O) groups is 1. The van der Waals surface area contributed by atoms with Crippen molar-refractivity contribution in [2.24, 2.45) is 5.92 Å². The molecule has 0 spiro atoms. The number of hydrogen-bond acceptors (Lipinski definition) is 2. The van der Waals surface area contributed by atoms with E-state index in [2.05, 4.69) is 0 Å². The molecule has 1 saturated heterocycles. The minimum absolute atomic E-state index is 0.0452. The van der Waals surface area contributed by atoms with Crippen LogP contribution in [0.25, 0.3) is 0 Å². The van der Waals surface area contributed by atoms with Gasteiger partial charge in [0.25, 0.3) is 0 Å². The molecule has 0 aromatic heterocycles. The van der Waals surface area contributed by atoms with Crippen LogP contribution in [0.5, 0.6) is 0 Å². The molecular formula is C17H20F2O2. The Bertz CT molecular complexity index is 505. The number of halogens is 2. The maximum Gasteiger partial charge on any atom is 0.306 e. The molecule has 2 fully saturated rings. The first kappa shape index (κ1) is 14.5. The number of rotatable bonds is 3. The van der Waals surface area contributed by atoms with Crippen LogP contribution in [0.15, 0.2) is 30.3 Å². The van der Waals surface area contributed by atoms with Crippen molar-refractivity contribution >= 4 is 5.97 Å². The Morgan fingerprint density at radius 3 is 2.33 bits per heavy atom. The molecular weight excluding hydrogens is 274 g/mol. The molecule has 2 nitrogen and oxygen atoms in total. The monoisotopic (exact) mass is 294 g/mol. The summed E-state index contributed by atoms with van der Waals surface area (Å²) >= 11 is 0. The third-order valence-corrected chi connectivity index (χ3v) is 4.80. The van der Waals surface area contributed by atoms with Crippen LogP contribution in [-0.4, -0.2) is 11.9 Å². The number of benzene rings is 1. The van der Waals surface area contributed by atoms with E-state index >= 15 is 0 Å². The topological polar surface area (TPSA) is 26.3 Å². The average Bonchev–Trinajstić information content (AvgIpc) is 2.85. The Labute approximate surface area is 123 Å². The first-order chi connectivity index (χ1) is 9.99. The minimum Gasteiger partial charge on any atom is -0.454 e. The fourth-order valence-electron chi connectivity index (χ4n) is 3.60. The van der Waals surface area contributed by atoms with Crippen molar-refractivity contribution < 1.29 is 18.3 Å². The zero-order valence-electron chi connectivity index (χ0n) is 12.0. The van der Waals surface area contributed by atoms with Crippen molar-refractivity contribution in [2.45, 2.75) is 56.5 Å². The zero-order valence-corrected chi connectivity index (χ0v) is 12.0. The Kier molecular flexibility index (Phi) is 3.72. The lowest BCUT2D eigenvalue weighted by Gasteiger charge is -2.35. The largest absolute Gasteiger partial charge is 0.454 e. The molecule has 0 N–H and O–H groups in total. The maximum atomic E-state index is 13.3. The van der Waals surface area contributed by atoms with Crippen LogP contribution in [-0.2, 0) is 15.1 Å². The predicted octanol–water partition coefficient (Wildman–Crippen LogP) is 4.43. The van der Waals surface area contributed by atoms with Gasteiger partial charge in [-0.1, -0.05) is 30.3 Å². The molecule has 0 bridgehead atoms. The van der Waals surface area contributed by atoms with Crippen molar-refractivity contribution in [3.05, 3.63) is 35.9 Å². The summed E-state index contributed by atoms with van der Waals surface area (Å²) in [4.78, 5) is 11.6. The number of cyclic esters (lactones) is 1. The number of esters is 1. The lowest BCUT2D eigenvalue weighted by atomic mass is 9.76. The van der Waals surface area contributed by atoms with Crippen LogP contribution < -0.4 is 0 Å². The van der Waals surface area contributed by atoms with Crippen LogP contribution >= 0.6 is 0 Å². The molecule has 0 radical (unpaired) electrons. The summed E-state index contributed by atoms with van der Waals surface area (Å²) in [6.45, 7) is 0. The molecule has 21 heavy (non-hydrogen) atoms. The second kappa shape index (κ2) is 5.39. The van der Waals surface area contributed by atoms with Gasteiger partial charge >= 0.3 is 5.97 Å². The van der Waals surface area contributed by atoms with E-state index in [1.165, 1.54) is 0 Å². The summed E-state index contributed by atoms with van der Waals surface area (Å²) in [6.07, 6.45) is 2.67. The molecule has 1 aliphatic carbocycles. The van der Waals surface area contributed by atoms with Crippen LogP contribution in [0.2, 0.25) is 0 Å². The smallest absolute Gasteiger partial charge is 0.306 e. The van der Waals surface area contributed by atoms with Gasteiger partial charge in [0.2, 0.25) is 5.92 Å². The molecule has 2 aliphatic rings. The van der Waals surface area contributed by atoms with Gasteiger partial charge in [-0.2, -0.15) is 0 Å². The van der Waals surface area contributed by atoms with Crippen molar-refractivity contribution in [3.8, 4) is 0 Å². The summed E-state index contributed by atoms with van der Waals surface area (Å²) in [5.74, 6) is -2.49. The Balaban J connectivity index is 1.77. The van der Waals surface area contributed by atoms with Gasteiger partial charge in [-0.3, -0.25) is 4.79 Å². The highest BCUT2D eigenvalue weighted by Gasteiger charge is 2.45. The summed E-state index contributed by atoms with van der Waals surface area (Å²) in [5, 5.41) is 0. The van der Waals surface area contributed by atoms with Gasteiger partial charge in [0.15, 0.2) is 0 Å². The Hall–Kier alpha value is -1.45. The van der Waals surface area contributed by atoms with Gasteiger partial charge in [0, 0.05) is 25.7 Å². The highest BCUT2D eigenvalue weighted by molar-refractivity contribution is 5.72. The Morgan fingerprint density at radius 2 is 1.76 bits per heavy atom. The molecule has 1 aromatic rings. The van der Waals surface area contributed by atoms with Crippen LogP contribution in [0, 0.1) is 5.92 Å². The number of carbonyl (C=O) groups excluding carboxylic acids is 1. The van der Waals surface area contributed by atoms with E-state index in [1.54, 1.807) is 0 Å². The summed E-state index contributed by atoms with van der Waals surface area (Å²) < 4.78 is 32.2. The Morgan fingerprint density at radius 1 is 1.10 bits per heavy atom. The van der Waals surface area contributed by atoms with Crippen molar-refractivity contribution in [1.82, 2.24) is 0 Å². The van der Waals surface area contributed by atoms with E-state index in [9.17, 15) is 13.6 Å². The van der Waals surface area contributed by atoms with Gasteiger partial charge < -0.3 is 4.74 Å². The van der Waals surface area contributed by atoms with Crippen molar-refractivity contribution in [2.75, 3.05) is 0 Å². The molecule has 4 heteroatoms. The SMILES string of the molecule is O=C1CC[C@](CC2CCC(F)(F)CC2)(c2ccccc2)O1. The third kappa shape index (κ3) is 3.09. The molecule has 1 aliphatic heterocycles. The summed E-state index contributed by atoms with van der Waals surface area (Å²) in [6, 6.07) is 9.72. The quantitative estimate of drug-likeness (QED) is 0.771. The van der Waals surface area contributed by atoms with E-state index in [1.807, 2.05) is 30.3 Å². The molecule has 1 atom stereocenters. The standard InChI is InChI=1S/C17H20F2O2/c18-17(19)10-6-13(7-11-17)12-16(9-8-15(20)21-16)14-4-2-1-3-5-14/h1-5,13H,6-12H2/t16-/m0/s1. The molecule has 1 aromatic carbocycles. The van der Waals surface area contributed by atoms with Crippen LogP contribution in [0.4, 0.5) is 8.78 Å². The fraction of sp³-hybridized carbons (Fsp3) is 0.588. The molecule has 114 valence electrons. The minimum atomic E-state index is -2.51. The fourth-order valence-corrected chi connectivity index (χ4v) is 3.60. The van der Waals surface area contributed by atoms with Gasteiger partial charge in [0.1, 0.15) is 5.60 Å². The van der Waals surface area contributed by atoms with Gasteiger partial charge in [0.05, 0.1) is 0 Å². The predicted molar refractivity (Wildman–Crippen MR) is 75.0 cm³/mol. The van der Waals surface area contributed by atoms with Crippen LogP contribution in [0.3, 0.4) is 0 Å². The van der Waals surface area contributed by atoms with E-state index in [0.29, 0.717) is 32.1 Å². The molecule has 1 saturated carbocycles. The zero-order chi connectivity index (χ0) is 14.9. The van der Waals surface area contributed by atoms with Crippen LogP contribution in [0.1, 0.15) is 50.5 Å². The van der Waals surface area contributed by atoms with Gasteiger partial charge in [-0.25, -0.2) is 8.78 Å². The van der Waals surface area contributed by atoms with E-state index in [4.69, 9.17) is 4.74 Å². The highest BCUT2D eigenvalue weighted by Crippen LogP contribution is 2.46. The van der Waals surface area contributed by atoms with Crippen molar-refractivity contribution in [3.63, 3.8) is 0 Å². The van der Waals surface area contributed by atoms with Gasteiger partial charge in [-0.15, -0.1) is 0 Å². The molecule has 3 rings (SSSR count). The average molecular weight is 294 g/mol. The lowest BCUT2D eigenvalue weighted by molar-refractivity contribution is -0.151. The molecule has 0 amide bonds. The van der Waals surface area contributed by atoms with E-state index in [0.717, 1.165) is 5.56 Å².